The molecule has 0 amide bonds. The summed E-state index contributed by atoms with van der Waals surface area (Å²) < 4.78 is 55.0. The van der Waals surface area contributed by atoms with Gasteiger partial charge in [0, 0.05) is 35.9 Å². The molecule has 8 heteroatoms. The van der Waals surface area contributed by atoms with Gasteiger partial charge in [0.05, 0.1) is 17.5 Å². The maximum absolute atomic E-state index is 13.9. The number of aromatic nitrogens is 2. The Balaban J connectivity index is 1.72. The molecule has 1 unspecified atom stereocenters. The molecular weight excluding hydrogens is 396 g/mol. The molecule has 30 heavy (non-hydrogen) atoms. The van der Waals surface area contributed by atoms with Crippen LogP contribution in [0, 0.1) is 5.82 Å². The molecule has 0 saturated carbocycles. The molecule has 2 heterocycles. The zero-order chi connectivity index (χ0) is 21.3. The third-order valence-corrected chi connectivity index (χ3v) is 5.41. The van der Waals surface area contributed by atoms with E-state index in [2.05, 4.69) is 15.5 Å². The first kappa shape index (κ1) is 20.4. The predicted molar refractivity (Wildman–Crippen MR) is 109 cm³/mol. The fraction of sp³-hybridized carbons (Fsp3) is 0.318. The fourth-order valence-electron chi connectivity index (χ4n) is 3.98. The molecule has 4 rings (SSSR count). The van der Waals surface area contributed by atoms with Crippen LogP contribution in [0.25, 0.3) is 22.4 Å². The van der Waals surface area contributed by atoms with Gasteiger partial charge in [0.25, 0.3) is 0 Å². The van der Waals surface area contributed by atoms with Gasteiger partial charge >= 0.3 is 6.18 Å². The Bertz CT molecular complexity index is 1010. The Hall–Kier alpha value is -2.87. The molecule has 3 aromatic rings. The van der Waals surface area contributed by atoms with Crippen LogP contribution in [-0.2, 0) is 6.18 Å². The number of likely N-dealkylation sites (N-methyl/N-ethyl adjacent to an activating group) is 1. The van der Waals surface area contributed by atoms with Crippen molar-refractivity contribution in [1.82, 2.24) is 15.5 Å². The molecule has 0 aliphatic carbocycles. The predicted octanol–water partition coefficient (Wildman–Crippen LogP) is 5.09. The average molecular weight is 418 g/mol. The maximum atomic E-state index is 13.9. The number of halogens is 4. The number of nitrogens with zero attached hydrogens (tertiary/aromatic N) is 2. The zero-order valence-electron chi connectivity index (χ0n) is 16.4. The van der Waals surface area contributed by atoms with Crippen molar-refractivity contribution in [3.05, 3.63) is 60.0 Å². The summed E-state index contributed by atoms with van der Waals surface area (Å²) in [5, 5.41) is 10.1. The highest BCUT2D eigenvalue weighted by molar-refractivity contribution is 5.81. The third-order valence-electron chi connectivity index (χ3n) is 5.41. The second kappa shape index (κ2) is 8.10. The number of hydrogen-bond donors (Lipinski definition) is 2. The summed E-state index contributed by atoms with van der Waals surface area (Å²) in [5.74, 6) is -0.384. The van der Waals surface area contributed by atoms with Crippen molar-refractivity contribution in [1.29, 1.82) is 0 Å². The van der Waals surface area contributed by atoms with E-state index < -0.39 is 11.7 Å². The number of benzene rings is 2. The molecule has 158 valence electrons. The lowest BCUT2D eigenvalue weighted by atomic mass is 9.98. The van der Waals surface area contributed by atoms with Crippen LogP contribution in [0.5, 0.6) is 0 Å². The fourth-order valence-corrected chi connectivity index (χ4v) is 3.98. The van der Waals surface area contributed by atoms with Crippen LogP contribution in [0.4, 0.5) is 23.2 Å². The van der Waals surface area contributed by atoms with Crippen molar-refractivity contribution in [3.8, 4) is 22.4 Å². The Kier molecular flexibility index (Phi) is 5.51. The summed E-state index contributed by atoms with van der Waals surface area (Å²) >= 11 is 0. The molecule has 1 aliphatic heterocycles. The minimum absolute atomic E-state index is 0.190. The van der Waals surface area contributed by atoms with Gasteiger partial charge < -0.3 is 10.2 Å². The van der Waals surface area contributed by atoms with E-state index in [0.717, 1.165) is 13.0 Å². The normalized spacial score (nSPS) is 17.0. The van der Waals surface area contributed by atoms with Crippen molar-refractivity contribution in [2.24, 2.45) is 0 Å². The van der Waals surface area contributed by atoms with E-state index in [1.165, 1.54) is 30.5 Å². The number of aromatic amines is 1. The molecule has 4 nitrogen and oxygen atoms in total. The number of rotatable bonds is 5. The topological polar surface area (TPSA) is 44.0 Å². The average Bonchev–Trinajstić information content (AvgIpc) is 3.37. The van der Waals surface area contributed by atoms with E-state index in [4.69, 9.17) is 0 Å². The van der Waals surface area contributed by atoms with E-state index >= 15 is 0 Å². The smallest absolute Gasteiger partial charge is 0.369 e. The molecule has 0 bridgehead atoms. The Morgan fingerprint density at radius 3 is 2.57 bits per heavy atom. The van der Waals surface area contributed by atoms with Crippen LogP contribution in [0.3, 0.4) is 0 Å². The van der Waals surface area contributed by atoms with Crippen LogP contribution in [0.2, 0.25) is 0 Å². The SMILES string of the molecule is CCNC1CCN(c2ccc(-c3cn[nH]c3-c3ccc(F)cc3)cc2C(F)(F)F)C1. The van der Waals surface area contributed by atoms with Crippen molar-refractivity contribution < 1.29 is 17.6 Å². The quantitative estimate of drug-likeness (QED) is 0.568. The third kappa shape index (κ3) is 4.05. The standard InChI is InChI=1S/C22H22F4N4/c1-2-27-17-9-10-30(13-17)20-8-5-15(11-19(20)22(24,25)26)18-12-28-29-21(18)14-3-6-16(23)7-4-14/h3-8,11-12,17,27H,2,9-10,13H2,1H3,(H,28,29). The van der Waals surface area contributed by atoms with Crippen LogP contribution in [0.15, 0.2) is 48.7 Å². The van der Waals surface area contributed by atoms with E-state index in [9.17, 15) is 17.6 Å². The maximum Gasteiger partial charge on any atom is 0.418 e. The highest BCUT2D eigenvalue weighted by atomic mass is 19.4. The van der Waals surface area contributed by atoms with Crippen molar-refractivity contribution >= 4 is 5.69 Å². The largest absolute Gasteiger partial charge is 0.418 e. The molecule has 1 aromatic heterocycles. The van der Waals surface area contributed by atoms with Crippen LogP contribution in [-0.4, -0.2) is 35.9 Å². The van der Waals surface area contributed by atoms with Crippen molar-refractivity contribution in [2.45, 2.75) is 25.6 Å². The summed E-state index contributed by atoms with van der Waals surface area (Å²) in [6.45, 7) is 3.90. The first-order valence-electron chi connectivity index (χ1n) is 9.86. The van der Waals surface area contributed by atoms with Gasteiger partial charge in [-0.25, -0.2) is 4.39 Å². The molecular formula is C22H22F4N4. The molecule has 0 spiro atoms. The van der Waals surface area contributed by atoms with Crippen LogP contribution < -0.4 is 10.2 Å². The van der Waals surface area contributed by atoms with E-state index in [1.54, 1.807) is 23.1 Å². The van der Waals surface area contributed by atoms with Crippen molar-refractivity contribution in [2.75, 3.05) is 24.5 Å². The van der Waals surface area contributed by atoms with Gasteiger partial charge in [-0.05, 0) is 54.9 Å². The second-order valence-corrected chi connectivity index (χ2v) is 7.38. The number of hydrogen-bond acceptors (Lipinski definition) is 3. The summed E-state index contributed by atoms with van der Waals surface area (Å²) in [5.41, 5.74) is 1.66. The molecule has 1 fully saturated rings. The van der Waals surface area contributed by atoms with Gasteiger partial charge in [-0.15, -0.1) is 0 Å². The van der Waals surface area contributed by atoms with Crippen LogP contribution in [0.1, 0.15) is 18.9 Å². The molecule has 0 radical (unpaired) electrons. The minimum atomic E-state index is -4.48. The Morgan fingerprint density at radius 2 is 1.87 bits per heavy atom. The second-order valence-electron chi connectivity index (χ2n) is 7.38. The van der Waals surface area contributed by atoms with Crippen LogP contribution >= 0.6 is 0 Å². The number of anilines is 1. The number of alkyl halides is 3. The zero-order valence-corrected chi connectivity index (χ0v) is 16.4. The lowest BCUT2D eigenvalue weighted by Gasteiger charge is -2.24. The van der Waals surface area contributed by atoms with Gasteiger partial charge in [-0.1, -0.05) is 13.0 Å². The molecule has 2 aromatic carbocycles. The molecule has 1 atom stereocenters. The minimum Gasteiger partial charge on any atom is -0.369 e. The van der Waals surface area contributed by atoms with Gasteiger partial charge in [0.1, 0.15) is 5.82 Å². The summed E-state index contributed by atoms with van der Waals surface area (Å²) in [7, 11) is 0. The summed E-state index contributed by atoms with van der Waals surface area (Å²) in [6, 6.07) is 10.3. The first-order chi connectivity index (χ1) is 14.4. The summed E-state index contributed by atoms with van der Waals surface area (Å²) in [4.78, 5) is 1.79. The van der Waals surface area contributed by atoms with Gasteiger partial charge in [0.2, 0.25) is 0 Å². The first-order valence-corrected chi connectivity index (χ1v) is 9.86. The Labute approximate surface area is 171 Å². The Morgan fingerprint density at radius 1 is 1.13 bits per heavy atom. The molecule has 1 aliphatic rings. The lowest BCUT2D eigenvalue weighted by Crippen LogP contribution is -2.32. The van der Waals surface area contributed by atoms with Gasteiger partial charge in [0.15, 0.2) is 0 Å². The van der Waals surface area contributed by atoms with Gasteiger partial charge in [-0.3, -0.25) is 5.10 Å². The molecule has 1 saturated heterocycles. The monoisotopic (exact) mass is 418 g/mol. The highest BCUT2D eigenvalue weighted by Crippen LogP contribution is 2.41. The van der Waals surface area contributed by atoms with E-state index in [1.807, 2.05) is 6.92 Å². The number of H-pyrrole nitrogens is 1. The lowest BCUT2D eigenvalue weighted by molar-refractivity contribution is -0.137. The highest BCUT2D eigenvalue weighted by Gasteiger charge is 2.37. The summed E-state index contributed by atoms with van der Waals surface area (Å²) in [6.07, 6.45) is -2.18. The van der Waals surface area contributed by atoms with E-state index in [-0.39, 0.29) is 17.5 Å². The number of nitrogens with one attached hydrogen (secondary N) is 2. The van der Waals surface area contributed by atoms with Crippen molar-refractivity contribution in [3.63, 3.8) is 0 Å². The molecule has 2 N–H and O–H groups in total. The van der Waals surface area contributed by atoms with E-state index in [0.29, 0.717) is 35.5 Å². The van der Waals surface area contributed by atoms with Gasteiger partial charge in [-0.2, -0.15) is 18.3 Å².